The molecule has 94 valence electrons. The van der Waals surface area contributed by atoms with Crippen LogP contribution >= 0.6 is 0 Å². The van der Waals surface area contributed by atoms with E-state index in [0.29, 0.717) is 17.7 Å². The Labute approximate surface area is 106 Å². The van der Waals surface area contributed by atoms with Gasteiger partial charge < -0.3 is 5.32 Å². The van der Waals surface area contributed by atoms with Gasteiger partial charge >= 0.3 is 0 Å². The summed E-state index contributed by atoms with van der Waals surface area (Å²) in [5.41, 5.74) is 3.30. The van der Waals surface area contributed by atoms with Crippen LogP contribution in [-0.4, -0.2) is 9.97 Å². The van der Waals surface area contributed by atoms with E-state index >= 15 is 0 Å². The predicted molar refractivity (Wildman–Crippen MR) is 70.0 cm³/mol. The second kappa shape index (κ2) is 5.12. The molecule has 0 amide bonds. The number of halogens is 1. The highest BCUT2D eigenvalue weighted by Gasteiger charge is 2.04. The molecule has 1 heterocycles. The lowest BCUT2D eigenvalue weighted by Crippen LogP contribution is -2.03. The Bertz CT molecular complexity index is 544. The van der Waals surface area contributed by atoms with Crippen LogP contribution in [0.5, 0.6) is 0 Å². The summed E-state index contributed by atoms with van der Waals surface area (Å²) in [6.45, 7) is 6.10. The molecule has 1 aromatic heterocycles. The maximum Gasteiger partial charge on any atom is 0.129 e. The third kappa shape index (κ3) is 2.83. The first-order valence-corrected chi connectivity index (χ1v) is 5.84. The van der Waals surface area contributed by atoms with Crippen LogP contribution in [0.2, 0.25) is 0 Å². The molecule has 0 bridgehead atoms. The van der Waals surface area contributed by atoms with E-state index in [2.05, 4.69) is 15.3 Å². The molecule has 0 atom stereocenters. The van der Waals surface area contributed by atoms with Gasteiger partial charge in [-0.15, -0.1) is 0 Å². The van der Waals surface area contributed by atoms with Gasteiger partial charge in [0.05, 0.1) is 0 Å². The van der Waals surface area contributed by atoms with Crippen LogP contribution in [0, 0.1) is 26.6 Å². The normalized spacial score (nSPS) is 10.4. The van der Waals surface area contributed by atoms with E-state index in [0.717, 1.165) is 17.1 Å². The van der Waals surface area contributed by atoms with Crippen LogP contribution in [0.4, 0.5) is 10.2 Å². The van der Waals surface area contributed by atoms with E-state index < -0.39 is 0 Å². The van der Waals surface area contributed by atoms with Crippen LogP contribution in [-0.2, 0) is 6.54 Å². The zero-order valence-corrected chi connectivity index (χ0v) is 10.8. The van der Waals surface area contributed by atoms with E-state index in [-0.39, 0.29) is 5.82 Å². The van der Waals surface area contributed by atoms with Crippen LogP contribution in [0.1, 0.15) is 22.4 Å². The molecule has 0 aliphatic rings. The van der Waals surface area contributed by atoms with E-state index in [1.807, 2.05) is 25.1 Å². The highest BCUT2D eigenvalue weighted by Crippen LogP contribution is 2.15. The van der Waals surface area contributed by atoms with Crippen LogP contribution in [0.15, 0.2) is 24.5 Å². The van der Waals surface area contributed by atoms with Crippen LogP contribution in [0.3, 0.4) is 0 Å². The molecule has 1 aromatic carbocycles. The monoisotopic (exact) mass is 245 g/mol. The summed E-state index contributed by atoms with van der Waals surface area (Å²) >= 11 is 0. The Morgan fingerprint density at radius 2 is 1.72 bits per heavy atom. The molecule has 0 aliphatic carbocycles. The van der Waals surface area contributed by atoms with Crippen molar-refractivity contribution in [3.05, 3.63) is 52.7 Å². The Kier molecular flexibility index (Phi) is 3.55. The Hall–Kier alpha value is -1.97. The summed E-state index contributed by atoms with van der Waals surface area (Å²) in [7, 11) is 0. The largest absolute Gasteiger partial charge is 0.366 e. The number of rotatable bonds is 3. The molecule has 0 radical (unpaired) electrons. The van der Waals surface area contributed by atoms with Crippen molar-refractivity contribution in [1.29, 1.82) is 0 Å². The molecule has 0 spiro atoms. The Morgan fingerprint density at radius 3 is 2.33 bits per heavy atom. The third-order valence-electron chi connectivity index (χ3n) is 2.77. The quantitative estimate of drug-likeness (QED) is 0.902. The number of hydrogen-bond donors (Lipinski definition) is 1. The summed E-state index contributed by atoms with van der Waals surface area (Å²) in [6, 6.07) is 5.58. The molecule has 0 fully saturated rings. The second-order valence-electron chi connectivity index (χ2n) is 4.44. The van der Waals surface area contributed by atoms with E-state index in [9.17, 15) is 4.39 Å². The smallest absolute Gasteiger partial charge is 0.129 e. The van der Waals surface area contributed by atoms with Gasteiger partial charge in [0.1, 0.15) is 18.0 Å². The first-order chi connectivity index (χ1) is 8.56. The van der Waals surface area contributed by atoms with Gasteiger partial charge in [-0.2, -0.15) is 0 Å². The van der Waals surface area contributed by atoms with Gasteiger partial charge in [-0.3, -0.25) is 0 Å². The molecule has 4 heteroatoms. The van der Waals surface area contributed by atoms with Crippen LogP contribution < -0.4 is 5.32 Å². The minimum absolute atomic E-state index is 0.128. The number of benzene rings is 1. The Morgan fingerprint density at radius 1 is 1.06 bits per heavy atom. The van der Waals surface area contributed by atoms with Gasteiger partial charge in [0.15, 0.2) is 0 Å². The molecule has 18 heavy (non-hydrogen) atoms. The van der Waals surface area contributed by atoms with Crippen molar-refractivity contribution in [2.75, 3.05) is 5.32 Å². The summed E-state index contributed by atoms with van der Waals surface area (Å²) in [4.78, 5) is 8.15. The molecule has 0 saturated carbocycles. The first-order valence-electron chi connectivity index (χ1n) is 5.84. The van der Waals surface area contributed by atoms with Gasteiger partial charge in [0.25, 0.3) is 0 Å². The fraction of sp³-hybridized carbons (Fsp3) is 0.286. The Balaban J connectivity index is 2.11. The SMILES string of the molecule is Cc1cc(NCc2cc(C)c(F)c(C)c2)ncn1. The number of nitrogens with zero attached hydrogens (tertiary/aromatic N) is 2. The lowest BCUT2D eigenvalue weighted by atomic mass is 10.1. The zero-order chi connectivity index (χ0) is 13.1. The fourth-order valence-corrected chi connectivity index (χ4v) is 1.88. The lowest BCUT2D eigenvalue weighted by Gasteiger charge is -2.09. The first kappa shape index (κ1) is 12.5. The molecular formula is C14H16FN3. The zero-order valence-electron chi connectivity index (χ0n) is 10.8. The van der Waals surface area contributed by atoms with Crippen molar-refractivity contribution in [2.24, 2.45) is 0 Å². The van der Waals surface area contributed by atoms with Crippen molar-refractivity contribution < 1.29 is 4.39 Å². The highest BCUT2D eigenvalue weighted by atomic mass is 19.1. The maximum absolute atomic E-state index is 13.5. The summed E-state index contributed by atoms with van der Waals surface area (Å²) in [5, 5.41) is 3.20. The second-order valence-corrected chi connectivity index (χ2v) is 4.44. The molecule has 1 N–H and O–H groups in total. The van der Waals surface area contributed by atoms with Crippen molar-refractivity contribution in [3.8, 4) is 0 Å². The van der Waals surface area contributed by atoms with Gasteiger partial charge in [-0.1, -0.05) is 12.1 Å². The lowest BCUT2D eigenvalue weighted by molar-refractivity contribution is 0.608. The van der Waals surface area contributed by atoms with Gasteiger partial charge in [-0.05, 0) is 37.5 Å². The number of aromatic nitrogens is 2. The fourth-order valence-electron chi connectivity index (χ4n) is 1.88. The average Bonchev–Trinajstić information content (AvgIpc) is 2.33. The predicted octanol–water partition coefficient (Wildman–Crippen LogP) is 3.15. The van der Waals surface area contributed by atoms with E-state index in [4.69, 9.17) is 0 Å². The van der Waals surface area contributed by atoms with Crippen LogP contribution in [0.25, 0.3) is 0 Å². The summed E-state index contributed by atoms with van der Waals surface area (Å²) in [5.74, 6) is 0.652. The number of anilines is 1. The van der Waals surface area contributed by atoms with Gasteiger partial charge in [-0.25, -0.2) is 14.4 Å². The van der Waals surface area contributed by atoms with E-state index in [1.54, 1.807) is 13.8 Å². The highest BCUT2D eigenvalue weighted by molar-refractivity contribution is 5.37. The van der Waals surface area contributed by atoms with E-state index in [1.165, 1.54) is 6.33 Å². The molecule has 0 aliphatic heterocycles. The molecule has 0 saturated heterocycles. The van der Waals surface area contributed by atoms with Gasteiger partial charge in [0.2, 0.25) is 0 Å². The molecule has 2 rings (SSSR count). The minimum Gasteiger partial charge on any atom is -0.366 e. The molecular weight excluding hydrogens is 229 g/mol. The number of nitrogens with one attached hydrogen (secondary N) is 1. The average molecular weight is 245 g/mol. The topological polar surface area (TPSA) is 37.8 Å². The van der Waals surface area contributed by atoms with Gasteiger partial charge in [0, 0.05) is 18.3 Å². The number of aryl methyl sites for hydroxylation is 3. The third-order valence-corrected chi connectivity index (χ3v) is 2.77. The standard InChI is InChI=1S/C14H16FN3/c1-9-4-12(5-10(2)14(9)15)7-16-13-6-11(3)17-8-18-13/h4-6,8H,7H2,1-3H3,(H,16,17,18). The van der Waals surface area contributed by atoms with Crippen molar-refractivity contribution in [3.63, 3.8) is 0 Å². The maximum atomic E-state index is 13.5. The van der Waals surface area contributed by atoms with Crippen molar-refractivity contribution in [2.45, 2.75) is 27.3 Å². The molecule has 0 unspecified atom stereocenters. The van der Waals surface area contributed by atoms with Crippen molar-refractivity contribution >= 4 is 5.82 Å². The summed E-state index contributed by atoms with van der Waals surface area (Å²) in [6.07, 6.45) is 1.53. The molecule has 2 aromatic rings. The van der Waals surface area contributed by atoms with Crippen molar-refractivity contribution in [1.82, 2.24) is 9.97 Å². The number of hydrogen-bond acceptors (Lipinski definition) is 3. The molecule has 3 nitrogen and oxygen atoms in total. The minimum atomic E-state index is -0.128. The summed E-state index contributed by atoms with van der Waals surface area (Å²) < 4.78 is 13.5.